The molecule has 3 rings (SSSR count). The SMILES string of the molecule is COCCOc1ccc(Nc2ncnc(Nc3ccc(/C=C/C(N)=O)cc3)n2)cc1. The van der Waals surface area contributed by atoms with E-state index in [-0.39, 0.29) is 0 Å². The molecule has 4 N–H and O–H groups in total. The van der Waals surface area contributed by atoms with Gasteiger partial charge in [-0.15, -0.1) is 0 Å². The predicted molar refractivity (Wildman–Crippen MR) is 115 cm³/mol. The van der Waals surface area contributed by atoms with Gasteiger partial charge in [0, 0.05) is 24.6 Å². The van der Waals surface area contributed by atoms with E-state index in [1.165, 1.54) is 12.4 Å². The van der Waals surface area contributed by atoms with Crippen molar-refractivity contribution in [3.63, 3.8) is 0 Å². The number of benzene rings is 2. The molecular formula is C21H22N6O3. The Balaban J connectivity index is 1.60. The summed E-state index contributed by atoms with van der Waals surface area (Å²) < 4.78 is 10.5. The van der Waals surface area contributed by atoms with Crippen LogP contribution >= 0.6 is 0 Å². The quantitative estimate of drug-likeness (QED) is 0.347. The zero-order valence-corrected chi connectivity index (χ0v) is 16.4. The Labute approximate surface area is 174 Å². The first-order valence-electron chi connectivity index (χ1n) is 9.15. The average molecular weight is 406 g/mol. The number of aromatic nitrogens is 3. The van der Waals surface area contributed by atoms with E-state index in [0.29, 0.717) is 25.1 Å². The minimum absolute atomic E-state index is 0.396. The van der Waals surface area contributed by atoms with Gasteiger partial charge in [0.1, 0.15) is 18.7 Å². The number of nitrogens with zero attached hydrogens (tertiary/aromatic N) is 3. The summed E-state index contributed by atoms with van der Waals surface area (Å²) in [6.45, 7) is 1.03. The number of nitrogens with one attached hydrogen (secondary N) is 2. The molecule has 0 aliphatic heterocycles. The minimum Gasteiger partial charge on any atom is -0.491 e. The number of carbonyl (C=O) groups excluding carboxylic acids is 1. The van der Waals surface area contributed by atoms with Gasteiger partial charge in [-0.3, -0.25) is 4.79 Å². The number of primary amides is 1. The Morgan fingerprint density at radius 1 is 0.967 bits per heavy atom. The van der Waals surface area contributed by atoms with Crippen LogP contribution in [-0.2, 0) is 9.53 Å². The lowest BCUT2D eigenvalue weighted by molar-refractivity contribution is -0.113. The average Bonchev–Trinajstić information content (AvgIpc) is 2.75. The molecule has 0 radical (unpaired) electrons. The van der Waals surface area contributed by atoms with Crippen molar-refractivity contribution >= 4 is 35.3 Å². The van der Waals surface area contributed by atoms with Gasteiger partial charge >= 0.3 is 0 Å². The number of ether oxygens (including phenoxy) is 2. The Bertz CT molecular complexity index is 990. The summed E-state index contributed by atoms with van der Waals surface area (Å²) in [4.78, 5) is 23.4. The number of hydrogen-bond acceptors (Lipinski definition) is 8. The Kier molecular flexibility index (Phi) is 7.28. The summed E-state index contributed by atoms with van der Waals surface area (Å²) in [5, 5.41) is 6.24. The van der Waals surface area contributed by atoms with Gasteiger partial charge < -0.3 is 25.8 Å². The molecule has 30 heavy (non-hydrogen) atoms. The summed E-state index contributed by atoms with van der Waals surface area (Å²) in [6, 6.07) is 14.8. The molecule has 0 unspecified atom stereocenters. The summed E-state index contributed by atoms with van der Waals surface area (Å²) in [6.07, 6.45) is 4.37. The van der Waals surface area contributed by atoms with Crippen LogP contribution in [-0.4, -0.2) is 41.2 Å². The first-order valence-corrected chi connectivity index (χ1v) is 9.15. The summed E-state index contributed by atoms with van der Waals surface area (Å²) in [7, 11) is 1.63. The minimum atomic E-state index is -0.490. The van der Waals surface area contributed by atoms with E-state index in [4.69, 9.17) is 15.2 Å². The van der Waals surface area contributed by atoms with Gasteiger partial charge in [-0.1, -0.05) is 12.1 Å². The number of carbonyl (C=O) groups is 1. The number of hydrogen-bond donors (Lipinski definition) is 3. The van der Waals surface area contributed by atoms with E-state index in [2.05, 4.69) is 25.6 Å². The first kappa shape index (κ1) is 20.7. The van der Waals surface area contributed by atoms with Crippen molar-refractivity contribution in [3.05, 3.63) is 66.5 Å². The van der Waals surface area contributed by atoms with Crippen molar-refractivity contribution in [2.45, 2.75) is 0 Å². The molecule has 9 nitrogen and oxygen atoms in total. The lowest BCUT2D eigenvalue weighted by Gasteiger charge is -2.09. The van der Waals surface area contributed by atoms with Crippen molar-refractivity contribution < 1.29 is 14.3 Å². The van der Waals surface area contributed by atoms with E-state index < -0.39 is 5.91 Å². The maximum absolute atomic E-state index is 10.8. The monoisotopic (exact) mass is 406 g/mol. The molecule has 0 aliphatic carbocycles. The van der Waals surface area contributed by atoms with Crippen LogP contribution < -0.4 is 21.1 Å². The van der Waals surface area contributed by atoms with Crippen LogP contribution in [0.5, 0.6) is 5.75 Å². The van der Waals surface area contributed by atoms with Crippen LogP contribution in [0.25, 0.3) is 6.08 Å². The molecule has 3 aromatic rings. The predicted octanol–water partition coefficient (Wildman–Crippen LogP) is 2.88. The van der Waals surface area contributed by atoms with Crippen LogP contribution in [0.15, 0.2) is 60.9 Å². The molecule has 1 heterocycles. The lowest BCUT2D eigenvalue weighted by Crippen LogP contribution is -2.05. The lowest BCUT2D eigenvalue weighted by atomic mass is 10.2. The molecule has 0 fully saturated rings. The summed E-state index contributed by atoms with van der Waals surface area (Å²) >= 11 is 0. The molecule has 154 valence electrons. The highest BCUT2D eigenvalue weighted by Crippen LogP contribution is 2.19. The third-order valence-corrected chi connectivity index (χ3v) is 3.85. The zero-order chi connectivity index (χ0) is 21.2. The van der Waals surface area contributed by atoms with E-state index in [1.54, 1.807) is 13.2 Å². The summed E-state index contributed by atoms with van der Waals surface area (Å²) in [5.74, 6) is 1.06. The van der Waals surface area contributed by atoms with Crippen molar-refractivity contribution in [3.8, 4) is 5.75 Å². The van der Waals surface area contributed by atoms with Gasteiger partial charge in [-0.05, 0) is 48.0 Å². The van der Waals surface area contributed by atoms with E-state index in [1.807, 2.05) is 48.5 Å². The fraction of sp³-hybridized carbons (Fsp3) is 0.143. The molecule has 0 atom stereocenters. The highest BCUT2D eigenvalue weighted by molar-refractivity contribution is 5.90. The van der Waals surface area contributed by atoms with Crippen LogP contribution in [0.4, 0.5) is 23.3 Å². The fourth-order valence-corrected chi connectivity index (χ4v) is 2.41. The van der Waals surface area contributed by atoms with Crippen molar-refractivity contribution in [1.29, 1.82) is 0 Å². The second-order valence-electron chi connectivity index (χ2n) is 6.11. The Hall–Kier alpha value is -3.98. The highest BCUT2D eigenvalue weighted by Gasteiger charge is 2.03. The molecule has 0 aliphatic rings. The van der Waals surface area contributed by atoms with Gasteiger partial charge in [0.05, 0.1) is 6.61 Å². The van der Waals surface area contributed by atoms with Crippen LogP contribution in [0.2, 0.25) is 0 Å². The smallest absolute Gasteiger partial charge is 0.241 e. The second kappa shape index (κ2) is 10.5. The fourth-order valence-electron chi connectivity index (χ4n) is 2.41. The third-order valence-electron chi connectivity index (χ3n) is 3.85. The molecule has 0 saturated carbocycles. The van der Waals surface area contributed by atoms with Gasteiger partial charge in [0.15, 0.2) is 0 Å². The third kappa shape index (κ3) is 6.57. The zero-order valence-electron chi connectivity index (χ0n) is 16.4. The van der Waals surface area contributed by atoms with Gasteiger partial charge in [-0.2, -0.15) is 4.98 Å². The maximum Gasteiger partial charge on any atom is 0.241 e. The summed E-state index contributed by atoms with van der Waals surface area (Å²) in [5.41, 5.74) is 7.56. The number of amides is 1. The maximum atomic E-state index is 10.8. The number of methoxy groups -OCH3 is 1. The van der Waals surface area contributed by atoms with Crippen LogP contribution in [0.1, 0.15) is 5.56 Å². The molecular weight excluding hydrogens is 384 g/mol. The molecule has 0 spiro atoms. The Morgan fingerprint density at radius 3 is 2.13 bits per heavy atom. The van der Waals surface area contributed by atoms with Crippen molar-refractivity contribution in [1.82, 2.24) is 15.0 Å². The van der Waals surface area contributed by atoms with Crippen LogP contribution in [0, 0.1) is 0 Å². The van der Waals surface area contributed by atoms with Crippen molar-refractivity contribution in [2.75, 3.05) is 31.0 Å². The number of nitrogens with two attached hydrogens (primary N) is 1. The van der Waals surface area contributed by atoms with E-state index in [0.717, 1.165) is 22.7 Å². The molecule has 9 heteroatoms. The van der Waals surface area contributed by atoms with Gasteiger partial charge in [-0.25, -0.2) is 9.97 Å². The molecule has 1 aromatic heterocycles. The van der Waals surface area contributed by atoms with Gasteiger partial charge in [0.25, 0.3) is 0 Å². The largest absolute Gasteiger partial charge is 0.491 e. The standard InChI is InChI=1S/C21H22N6O3/c1-29-12-13-30-18-9-7-17(8-10-18)26-21-24-14-23-20(27-21)25-16-5-2-15(3-6-16)4-11-19(22)28/h2-11,14H,12-13H2,1H3,(H2,22,28)(H2,23,24,25,26,27)/b11-4+. The van der Waals surface area contributed by atoms with E-state index >= 15 is 0 Å². The number of rotatable bonds is 10. The molecule has 1 amide bonds. The second-order valence-corrected chi connectivity index (χ2v) is 6.11. The van der Waals surface area contributed by atoms with Crippen LogP contribution in [0.3, 0.4) is 0 Å². The molecule has 2 aromatic carbocycles. The van der Waals surface area contributed by atoms with E-state index in [9.17, 15) is 4.79 Å². The van der Waals surface area contributed by atoms with Crippen molar-refractivity contribution in [2.24, 2.45) is 5.73 Å². The topological polar surface area (TPSA) is 124 Å². The Morgan fingerprint density at radius 2 is 1.57 bits per heavy atom. The van der Waals surface area contributed by atoms with Gasteiger partial charge in [0.2, 0.25) is 17.8 Å². The highest BCUT2D eigenvalue weighted by atomic mass is 16.5. The first-order chi connectivity index (χ1) is 14.6. The molecule has 0 saturated heterocycles. The normalized spacial score (nSPS) is 10.7. The number of anilines is 4. The molecule has 0 bridgehead atoms.